The van der Waals surface area contributed by atoms with Crippen LogP contribution in [0.3, 0.4) is 0 Å². The quantitative estimate of drug-likeness (QED) is 0.715. The van der Waals surface area contributed by atoms with Gasteiger partial charge in [-0.15, -0.1) is 0 Å². The van der Waals surface area contributed by atoms with Gasteiger partial charge in [-0.25, -0.2) is 0 Å². The van der Waals surface area contributed by atoms with Crippen LogP contribution in [-0.4, -0.2) is 22.6 Å². The van der Waals surface area contributed by atoms with Crippen LogP contribution in [0.25, 0.3) is 0 Å². The van der Waals surface area contributed by atoms with Crippen molar-refractivity contribution >= 4 is 5.78 Å². The zero-order valence-electron chi connectivity index (χ0n) is 7.40. The highest BCUT2D eigenvalue weighted by Crippen LogP contribution is 2.13. The maximum Gasteiger partial charge on any atom is 0.191 e. The van der Waals surface area contributed by atoms with E-state index in [0.717, 1.165) is 5.56 Å². The lowest BCUT2D eigenvalue weighted by atomic mass is 10.0. The lowest BCUT2D eigenvalue weighted by molar-refractivity contribution is -0.130. The van der Waals surface area contributed by atoms with Gasteiger partial charge in [0.15, 0.2) is 5.78 Å². The second-order valence-corrected chi connectivity index (χ2v) is 2.94. The van der Waals surface area contributed by atoms with E-state index in [0.29, 0.717) is 5.56 Å². The summed E-state index contributed by atoms with van der Waals surface area (Å²) < 4.78 is 0. The second kappa shape index (κ2) is 4.16. The highest BCUT2D eigenvalue weighted by atomic mass is 16.3. The minimum Gasteiger partial charge on any atom is -0.388 e. The number of rotatable bonds is 3. The molecule has 0 fully saturated rings. The van der Waals surface area contributed by atoms with Gasteiger partial charge in [-0.1, -0.05) is 29.8 Å². The van der Waals surface area contributed by atoms with Gasteiger partial charge in [0.1, 0.15) is 12.7 Å². The third kappa shape index (κ3) is 2.37. The highest BCUT2D eigenvalue weighted by molar-refractivity contribution is 5.84. The van der Waals surface area contributed by atoms with E-state index in [4.69, 9.17) is 5.11 Å². The van der Waals surface area contributed by atoms with Crippen molar-refractivity contribution < 1.29 is 15.0 Å². The van der Waals surface area contributed by atoms with Gasteiger partial charge in [0.2, 0.25) is 0 Å². The van der Waals surface area contributed by atoms with Crippen LogP contribution in [0.15, 0.2) is 24.3 Å². The molecule has 0 radical (unpaired) electrons. The normalized spacial score (nSPS) is 12.5. The number of Topliss-reactive ketones (excluding diaryl/α,β-unsaturated/α-hetero) is 1. The molecule has 0 spiro atoms. The summed E-state index contributed by atoms with van der Waals surface area (Å²) in [7, 11) is 0. The van der Waals surface area contributed by atoms with Crippen LogP contribution in [0.1, 0.15) is 17.2 Å². The molecule has 1 aromatic carbocycles. The summed E-state index contributed by atoms with van der Waals surface area (Å²) in [6.45, 7) is 1.29. The molecule has 2 N–H and O–H groups in total. The van der Waals surface area contributed by atoms with Crippen molar-refractivity contribution in [2.45, 2.75) is 13.0 Å². The third-order valence-electron chi connectivity index (χ3n) is 1.85. The Balaban J connectivity index is 2.83. The van der Waals surface area contributed by atoms with Crippen molar-refractivity contribution in [1.82, 2.24) is 0 Å². The first-order chi connectivity index (χ1) is 6.15. The number of aliphatic hydroxyl groups is 2. The molecule has 0 aliphatic carbocycles. The predicted molar refractivity (Wildman–Crippen MR) is 48.2 cm³/mol. The van der Waals surface area contributed by atoms with E-state index in [1.54, 1.807) is 12.1 Å². The Labute approximate surface area is 76.6 Å². The van der Waals surface area contributed by atoms with Gasteiger partial charge < -0.3 is 10.2 Å². The molecule has 1 aromatic rings. The molecule has 1 unspecified atom stereocenters. The zero-order valence-corrected chi connectivity index (χ0v) is 7.40. The summed E-state index contributed by atoms with van der Waals surface area (Å²) in [5.41, 5.74) is 1.58. The van der Waals surface area contributed by atoms with Crippen molar-refractivity contribution in [3.63, 3.8) is 0 Å². The predicted octanol–water partition coefficient (Wildman–Crippen LogP) is 0.590. The Morgan fingerprint density at radius 3 is 2.38 bits per heavy atom. The van der Waals surface area contributed by atoms with Crippen LogP contribution in [0.2, 0.25) is 0 Å². The molecule has 3 nitrogen and oxygen atoms in total. The molecule has 1 atom stereocenters. The summed E-state index contributed by atoms with van der Waals surface area (Å²) >= 11 is 0. The molecule has 70 valence electrons. The summed E-state index contributed by atoms with van der Waals surface area (Å²) in [4.78, 5) is 10.9. The van der Waals surface area contributed by atoms with Gasteiger partial charge in [0.25, 0.3) is 0 Å². The van der Waals surface area contributed by atoms with Gasteiger partial charge in [0.05, 0.1) is 0 Å². The van der Waals surface area contributed by atoms with Crippen LogP contribution in [0.4, 0.5) is 0 Å². The summed E-state index contributed by atoms with van der Waals surface area (Å²) in [5.74, 6) is -0.580. The summed E-state index contributed by atoms with van der Waals surface area (Å²) in [6, 6.07) is 6.97. The number of carbonyl (C=O) groups is 1. The summed E-state index contributed by atoms with van der Waals surface area (Å²) in [6.07, 6.45) is -1.20. The van der Waals surface area contributed by atoms with E-state index in [2.05, 4.69) is 0 Å². The van der Waals surface area contributed by atoms with Gasteiger partial charge in [0, 0.05) is 0 Å². The molecule has 0 saturated heterocycles. The van der Waals surface area contributed by atoms with Crippen molar-refractivity contribution in [3.8, 4) is 0 Å². The fourth-order valence-electron chi connectivity index (χ4n) is 1.02. The van der Waals surface area contributed by atoms with Crippen LogP contribution >= 0.6 is 0 Å². The first kappa shape index (κ1) is 9.89. The minimum absolute atomic E-state index is 0.518. The second-order valence-electron chi connectivity index (χ2n) is 2.94. The number of ketones is 1. The molecule has 0 heterocycles. The largest absolute Gasteiger partial charge is 0.388 e. The molecule has 13 heavy (non-hydrogen) atoms. The maximum absolute atomic E-state index is 10.9. The Kier molecular flexibility index (Phi) is 3.17. The van der Waals surface area contributed by atoms with E-state index >= 15 is 0 Å². The fourth-order valence-corrected chi connectivity index (χ4v) is 1.02. The number of carbonyl (C=O) groups excluding carboxylic acids is 1. The summed E-state index contributed by atoms with van der Waals surface area (Å²) in [5, 5.41) is 17.9. The van der Waals surface area contributed by atoms with E-state index in [1.165, 1.54) is 0 Å². The monoisotopic (exact) mass is 180 g/mol. The molecular weight excluding hydrogens is 168 g/mol. The average Bonchev–Trinajstić information content (AvgIpc) is 2.17. The van der Waals surface area contributed by atoms with Crippen molar-refractivity contribution in [1.29, 1.82) is 0 Å². The van der Waals surface area contributed by atoms with Crippen LogP contribution in [-0.2, 0) is 4.79 Å². The fraction of sp³-hybridized carbons (Fsp3) is 0.300. The smallest absolute Gasteiger partial charge is 0.191 e. The molecule has 3 heteroatoms. The van der Waals surface area contributed by atoms with E-state index in [9.17, 15) is 9.90 Å². The number of hydrogen-bond acceptors (Lipinski definition) is 3. The highest BCUT2D eigenvalue weighted by Gasteiger charge is 2.15. The molecule has 0 amide bonds. The van der Waals surface area contributed by atoms with Crippen LogP contribution in [0, 0.1) is 6.92 Å². The number of aryl methyl sites for hydroxylation is 1. The van der Waals surface area contributed by atoms with Crippen LogP contribution < -0.4 is 0 Å². The van der Waals surface area contributed by atoms with Gasteiger partial charge >= 0.3 is 0 Å². The molecule has 0 aromatic heterocycles. The Hall–Kier alpha value is -1.19. The molecule has 0 bridgehead atoms. The Morgan fingerprint density at radius 1 is 1.38 bits per heavy atom. The standard InChI is InChI=1S/C10H12O3/c1-7-2-4-8(5-3-7)10(13)9(12)6-11/h2-5,10-11,13H,6H2,1H3. The lowest BCUT2D eigenvalue weighted by Gasteiger charge is -2.07. The van der Waals surface area contributed by atoms with Crippen molar-refractivity contribution in [2.75, 3.05) is 6.61 Å². The first-order valence-electron chi connectivity index (χ1n) is 4.03. The van der Waals surface area contributed by atoms with E-state index < -0.39 is 18.5 Å². The van der Waals surface area contributed by atoms with E-state index in [1.807, 2.05) is 19.1 Å². The minimum atomic E-state index is -1.20. The molecule has 0 aliphatic heterocycles. The number of hydrogen-bond donors (Lipinski definition) is 2. The SMILES string of the molecule is Cc1ccc(C(O)C(=O)CO)cc1. The van der Waals surface area contributed by atoms with Crippen molar-refractivity contribution in [3.05, 3.63) is 35.4 Å². The Morgan fingerprint density at radius 2 is 1.92 bits per heavy atom. The third-order valence-corrected chi connectivity index (χ3v) is 1.85. The number of aliphatic hydroxyl groups excluding tert-OH is 2. The Bertz CT molecular complexity index is 290. The average molecular weight is 180 g/mol. The van der Waals surface area contributed by atoms with Gasteiger partial charge in [-0.3, -0.25) is 4.79 Å². The van der Waals surface area contributed by atoms with E-state index in [-0.39, 0.29) is 0 Å². The lowest BCUT2D eigenvalue weighted by Crippen LogP contribution is -2.15. The first-order valence-corrected chi connectivity index (χ1v) is 4.03. The van der Waals surface area contributed by atoms with Crippen molar-refractivity contribution in [2.24, 2.45) is 0 Å². The molecule has 0 saturated carbocycles. The van der Waals surface area contributed by atoms with Crippen LogP contribution in [0.5, 0.6) is 0 Å². The van der Waals surface area contributed by atoms with Gasteiger partial charge in [-0.05, 0) is 12.5 Å². The zero-order chi connectivity index (χ0) is 9.84. The number of benzene rings is 1. The topological polar surface area (TPSA) is 57.5 Å². The van der Waals surface area contributed by atoms with Gasteiger partial charge in [-0.2, -0.15) is 0 Å². The molecule has 0 aliphatic rings. The molecular formula is C10H12O3. The maximum atomic E-state index is 10.9. The molecule has 1 rings (SSSR count).